The Labute approximate surface area is 270 Å². The van der Waals surface area contributed by atoms with Crippen LogP contribution in [0.15, 0.2) is 164 Å². The molecule has 0 aliphatic carbocycles. The third-order valence-corrected chi connectivity index (χ3v) is 9.36. The first kappa shape index (κ1) is 25.8. The second-order valence-electron chi connectivity index (χ2n) is 11.9. The quantitative estimate of drug-likeness (QED) is 0.201. The molecular weight excluding hydrogens is 574 g/mol. The van der Waals surface area contributed by atoms with Crippen molar-refractivity contribution in [1.29, 1.82) is 0 Å². The monoisotopic (exact) mass is 601 g/mol. The van der Waals surface area contributed by atoms with Crippen molar-refractivity contribution in [3.05, 3.63) is 164 Å². The fourth-order valence-corrected chi connectivity index (χ4v) is 7.31. The van der Waals surface area contributed by atoms with Crippen LogP contribution in [0.1, 0.15) is 0 Å². The number of hydrogen-bond donors (Lipinski definition) is 0. The summed E-state index contributed by atoms with van der Waals surface area (Å²) in [5, 5.41) is 6.05. The van der Waals surface area contributed by atoms with Crippen LogP contribution in [0, 0.1) is 0 Å². The lowest BCUT2D eigenvalue weighted by atomic mass is 10.1. The molecule has 0 aliphatic rings. The van der Waals surface area contributed by atoms with Gasteiger partial charge < -0.3 is 9.13 Å². The van der Waals surface area contributed by atoms with E-state index in [4.69, 9.17) is 4.98 Å². The molecule has 0 N–H and O–H groups in total. The Hall–Kier alpha value is -6.46. The molecule has 0 saturated carbocycles. The van der Waals surface area contributed by atoms with Gasteiger partial charge >= 0.3 is 0 Å². The summed E-state index contributed by atoms with van der Waals surface area (Å²) >= 11 is 0. The fourth-order valence-electron chi connectivity index (χ4n) is 7.31. The zero-order valence-electron chi connectivity index (χ0n) is 25.3. The Kier molecular flexibility index (Phi) is 5.51. The van der Waals surface area contributed by atoms with Gasteiger partial charge in [0.05, 0.1) is 33.3 Å². The van der Waals surface area contributed by atoms with E-state index in [-0.39, 0.29) is 0 Å². The van der Waals surface area contributed by atoms with Crippen LogP contribution in [0.4, 0.5) is 0 Å². The van der Waals surface area contributed by atoms with Crippen LogP contribution in [-0.2, 0) is 0 Å². The molecule has 47 heavy (non-hydrogen) atoms. The average molecular weight is 602 g/mol. The van der Waals surface area contributed by atoms with Crippen molar-refractivity contribution in [3.8, 4) is 28.5 Å². The molecule has 0 atom stereocenters. The molecule has 0 spiro atoms. The number of rotatable bonds is 4. The van der Waals surface area contributed by atoms with Crippen molar-refractivity contribution in [1.82, 2.24) is 23.7 Å². The average Bonchev–Trinajstić information content (AvgIpc) is 3.82. The van der Waals surface area contributed by atoms with E-state index in [1.807, 2.05) is 12.3 Å². The Morgan fingerprint density at radius 2 is 1.21 bits per heavy atom. The van der Waals surface area contributed by atoms with Crippen LogP contribution < -0.4 is 0 Å². The third-order valence-electron chi connectivity index (χ3n) is 9.36. The van der Waals surface area contributed by atoms with Crippen molar-refractivity contribution in [2.75, 3.05) is 0 Å². The molecule has 5 nitrogen and oxygen atoms in total. The van der Waals surface area contributed by atoms with Gasteiger partial charge in [-0.1, -0.05) is 66.7 Å². The standard InChI is InChI=1S/C42H27N5/c1-3-12-29(13-4-1)45-24-22-33-37(45)21-20-32-35-25-34-31-16-7-8-18-38(31)46(30-14-5-2-6-15-30)39(34)26-40(35)47(42(32)33)41-19-9-17-36(44-41)28-11-10-23-43-27-28/h1-27H. The summed E-state index contributed by atoms with van der Waals surface area (Å²) in [5.74, 6) is 0.869. The Morgan fingerprint density at radius 1 is 0.447 bits per heavy atom. The van der Waals surface area contributed by atoms with Crippen molar-refractivity contribution < 1.29 is 0 Å². The SMILES string of the molecule is c1ccc(-n2ccc3c2ccc2c4cc5c6ccccc6n(-c6ccccc6)c5cc4n(-c4cccc(-c5cccnc5)n4)c23)cc1. The van der Waals surface area contributed by atoms with E-state index >= 15 is 0 Å². The Morgan fingerprint density at radius 3 is 2.04 bits per heavy atom. The molecule has 0 saturated heterocycles. The van der Waals surface area contributed by atoms with Gasteiger partial charge in [-0.25, -0.2) is 4.98 Å². The predicted octanol–water partition coefficient (Wildman–Crippen LogP) is 10.3. The molecule has 5 aromatic carbocycles. The van der Waals surface area contributed by atoms with Crippen LogP contribution in [0.5, 0.6) is 0 Å². The number of hydrogen-bond acceptors (Lipinski definition) is 2. The molecule has 0 fully saturated rings. The van der Waals surface area contributed by atoms with E-state index in [0.29, 0.717) is 0 Å². The lowest BCUT2D eigenvalue weighted by Crippen LogP contribution is -1.99. The minimum absolute atomic E-state index is 0.869. The normalized spacial score (nSPS) is 11.8. The van der Waals surface area contributed by atoms with E-state index in [1.54, 1.807) is 6.20 Å². The fraction of sp³-hybridized carbons (Fsp3) is 0. The maximum atomic E-state index is 5.27. The molecule has 0 unspecified atom stereocenters. The van der Waals surface area contributed by atoms with Crippen molar-refractivity contribution >= 4 is 54.5 Å². The van der Waals surface area contributed by atoms with Gasteiger partial charge in [-0.3, -0.25) is 9.55 Å². The van der Waals surface area contributed by atoms with Crippen LogP contribution in [0.2, 0.25) is 0 Å². The van der Waals surface area contributed by atoms with Crippen LogP contribution in [0.25, 0.3) is 83.0 Å². The van der Waals surface area contributed by atoms with Crippen molar-refractivity contribution in [3.63, 3.8) is 0 Å². The summed E-state index contributed by atoms with van der Waals surface area (Å²) in [6.07, 6.45) is 5.85. The van der Waals surface area contributed by atoms with Gasteiger partial charge in [0.15, 0.2) is 0 Å². The maximum Gasteiger partial charge on any atom is 0.138 e. The van der Waals surface area contributed by atoms with E-state index in [2.05, 4.69) is 164 Å². The van der Waals surface area contributed by atoms with Gasteiger partial charge in [-0.2, -0.15) is 0 Å². The van der Waals surface area contributed by atoms with Crippen LogP contribution in [-0.4, -0.2) is 23.7 Å². The van der Waals surface area contributed by atoms with Gasteiger partial charge in [0, 0.05) is 62.5 Å². The molecule has 0 radical (unpaired) electrons. The lowest BCUT2D eigenvalue weighted by Gasteiger charge is -2.11. The molecular formula is C42H27N5. The smallest absolute Gasteiger partial charge is 0.138 e. The first-order valence-electron chi connectivity index (χ1n) is 15.8. The highest BCUT2D eigenvalue weighted by Crippen LogP contribution is 2.42. The minimum atomic E-state index is 0.869. The molecule has 0 amide bonds. The van der Waals surface area contributed by atoms with Crippen LogP contribution >= 0.6 is 0 Å². The number of fused-ring (bicyclic) bond motifs is 8. The summed E-state index contributed by atoms with van der Waals surface area (Å²) in [5.41, 5.74) is 9.91. The van der Waals surface area contributed by atoms with E-state index < -0.39 is 0 Å². The summed E-state index contributed by atoms with van der Waals surface area (Å²) in [6, 6.07) is 51.7. The summed E-state index contributed by atoms with van der Waals surface area (Å²) in [6.45, 7) is 0. The maximum absolute atomic E-state index is 5.27. The molecule has 10 aromatic rings. The lowest BCUT2D eigenvalue weighted by molar-refractivity contribution is 1.08. The Bertz CT molecular complexity index is 2770. The highest BCUT2D eigenvalue weighted by atomic mass is 15.1. The molecule has 0 bridgehead atoms. The first-order chi connectivity index (χ1) is 23.3. The number of aromatic nitrogens is 5. The number of nitrogens with zero attached hydrogens (tertiary/aromatic N) is 5. The van der Waals surface area contributed by atoms with Gasteiger partial charge in [-0.05, 0) is 78.9 Å². The molecule has 5 heterocycles. The molecule has 5 aromatic heterocycles. The molecule has 0 aliphatic heterocycles. The number of para-hydroxylation sites is 3. The Balaban J connectivity index is 1.36. The zero-order valence-corrected chi connectivity index (χ0v) is 25.3. The van der Waals surface area contributed by atoms with Gasteiger partial charge in [0.2, 0.25) is 0 Å². The summed E-state index contributed by atoms with van der Waals surface area (Å²) < 4.78 is 7.01. The minimum Gasteiger partial charge on any atom is -0.316 e. The van der Waals surface area contributed by atoms with Crippen LogP contribution in [0.3, 0.4) is 0 Å². The van der Waals surface area contributed by atoms with E-state index in [9.17, 15) is 0 Å². The van der Waals surface area contributed by atoms with Crippen molar-refractivity contribution in [2.24, 2.45) is 0 Å². The van der Waals surface area contributed by atoms with Gasteiger partial charge in [0.1, 0.15) is 5.82 Å². The van der Waals surface area contributed by atoms with Gasteiger partial charge in [-0.15, -0.1) is 0 Å². The molecule has 220 valence electrons. The molecule has 5 heteroatoms. The highest BCUT2D eigenvalue weighted by Gasteiger charge is 2.21. The number of benzene rings is 5. The van der Waals surface area contributed by atoms with Gasteiger partial charge in [0.25, 0.3) is 0 Å². The topological polar surface area (TPSA) is 40.6 Å². The second-order valence-corrected chi connectivity index (χ2v) is 11.9. The van der Waals surface area contributed by atoms with E-state index in [0.717, 1.165) is 50.5 Å². The van der Waals surface area contributed by atoms with Crippen molar-refractivity contribution in [2.45, 2.75) is 0 Å². The third kappa shape index (κ3) is 3.83. The van der Waals surface area contributed by atoms with E-state index in [1.165, 1.54) is 32.4 Å². The highest BCUT2D eigenvalue weighted by molar-refractivity contribution is 6.23. The molecule has 10 rings (SSSR count). The summed E-state index contributed by atoms with van der Waals surface area (Å²) in [7, 11) is 0. The first-order valence-corrected chi connectivity index (χ1v) is 15.8. The zero-order chi connectivity index (χ0) is 30.9. The second kappa shape index (κ2) is 10.0. The summed E-state index contributed by atoms with van der Waals surface area (Å²) in [4.78, 5) is 9.64. The predicted molar refractivity (Wildman–Crippen MR) is 193 cm³/mol. The number of pyridine rings is 2. The largest absolute Gasteiger partial charge is 0.316 e.